The molecule has 1 unspecified atom stereocenters. The third kappa shape index (κ3) is 6.23. The second-order valence-corrected chi connectivity index (χ2v) is 9.56. The van der Waals surface area contributed by atoms with Crippen molar-refractivity contribution >= 4 is 28.5 Å². The lowest BCUT2D eigenvalue weighted by molar-refractivity contribution is -0.141. The maximum atomic E-state index is 14.7. The number of amides is 1. The lowest BCUT2D eigenvalue weighted by Crippen LogP contribution is -2.34. The number of halogens is 1. The van der Waals surface area contributed by atoms with Crippen LogP contribution >= 0.6 is 0 Å². The van der Waals surface area contributed by atoms with Gasteiger partial charge in [-0.2, -0.15) is 0 Å². The zero-order valence-electron chi connectivity index (χ0n) is 20.8. The third-order valence-corrected chi connectivity index (χ3v) is 5.61. The third-order valence-electron chi connectivity index (χ3n) is 5.61. The molecule has 0 aliphatic rings. The first-order chi connectivity index (χ1) is 16.4. The van der Waals surface area contributed by atoms with Gasteiger partial charge in [0.2, 0.25) is 0 Å². The molecule has 0 fully saturated rings. The van der Waals surface area contributed by atoms with Gasteiger partial charge in [-0.05, 0) is 62.4 Å². The Balaban J connectivity index is 1.81. The summed E-state index contributed by atoms with van der Waals surface area (Å²) in [4.78, 5) is 27.2. The van der Waals surface area contributed by atoms with Crippen molar-refractivity contribution in [3.8, 4) is 5.88 Å². The number of carbonyl (C=O) groups excluding carboxylic acids is 2. The highest BCUT2D eigenvalue weighted by Gasteiger charge is 2.25. The van der Waals surface area contributed by atoms with Crippen LogP contribution in [0.2, 0.25) is 0 Å². The summed E-state index contributed by atoms with van der Waals surface area (Å²) in [6, 6.07) is 7.22. The predicted molar refractivity (Wildman–Crippen MR) is 132 cm³/mol. The number of aromatic amines is 1. The first-order valence-electron chi connectivity index (χ1n) is 11.3. The van der Waals surface area contributed by atoms with Gasteiger partial charge in [0.25, 0.3) is 0 Å². The molecule has 0 bridgehead atoms. The van der Waals surface area contributed by atoms with E-state index in [-0.39, 0.29) is 17.5 Å². The Morgan fingerprint density at radius 1 is 1.20 bits per heavy atom. The van der Waals surface area contributed by atoms with Crippen molar-refractivity contribution < 1.29 is 28.6 Å². The van der Waals surface area contributed by atoms with Crippen LogP contribution in [0, 0.1) is 12.7 Å². The number of fused-ring (bicyclic) bond motifs is 1. The molecular formula is C26H32FN3O5. The largest absolute Gasteiger partial charge is 0.494 e. The number of nitrogens with one attached hydrogen (secondary N) is 3. The average Bonchev–Trinajstić information content (AvgIpc) is 3.13. The SMILES string of the molecule is COC(=O)C(Nc1cc2c(O)[nH]cc2cc1F)c1ccc([C@@H](C)CNC(=O)OC(C)(C)C)c(C)c1. The van der Waals surface area contributed by atoms with E-state index < -0.39 is 29.5 Å². The molecule has 1 aromatic heterocycles. The fraction of sp³-hybridized carbons (Fsp3) is 0.385. The van der Waals surface area contributed by atoms with Gasteiger partial charge in [0.1, 0.15) is 11.4 Å². The van der Waals surface area contributed by atoms with E-state index in [4.69, 9.17) is 9.47 Å². The topological polar surface area (TPSA) is 113 Å². The monoisotopic (exact) mass is 485 g/mol. The van der Waals surface area contributed by atoms with Gasteiger partial charge in [-0.25, -0.2) is 14.0 Å². The molecule has 2 atom stereocenters. The van der Waals surface area contributed by atoms with Gasteiger partial charge in [0, 0.05) is 23.5 Å². The normalized spacial score (nSPS) is 13.2. The van der Waals surface area contributed by atoms with E-state index in [0.29, 0.717) is 22.9 Å². The smallest absolute Gasteiger partial charge is 0.407 e. The Kier molecular flexibility index (Phi) is 7.57. The highest BCUT2D eigenvalue weighted by molar-refractivity contribution is 5.91. The summed E-state index contributed by atoms with van der Waals surface area (Å²) in [5, 5.41) is 16.6. The van der Waals surface area contributed by atoms with Gasteiger partial charge in [0.15, 0.2) is 11.9 Å². The molecule has 0 spiro atoms. The molecule has 0 radical (unpaired) electrons. The molecule has 0 saturated carbocycles. The molecule has 8 nitrogen and oxygen atoms in total. The minimum atomic E-state index is -0.976. The lowest BCUT2D eigenvalue weighted by Gasteiger charge is -2.23. The van der Waals surface area contributed by atoms with Crippen LogP contribution in [0.1, 0.15) is 56.3 Å². The average molecular weight is 486 g/mol. The van der Waals surface area contributed by atoms with Crippen molar-refractivity contribution in [1.29, 1.82) is 0 Å². The van der Waals surface area contributed by atoms with E-state index in [9.17, 15) is 19.1 Å². The minimum absolute atomic E-state index is 0.0162. The van der Waals surface area contributed by atoms with Gasteiger partial charge in [0.05, 0.1) is 12.8 Å². The van der Waals surface area contributed by atoms with Crippen LogP contribution < -0.4 is 10.6 Å². The highest BCUT2D eigenvalue weighted by Crippen LogP contribution is 2.32. The van der Waals surface area contributed by atoms with Crippen LogP contribution in [0.3, 0.4) is 0 Å². The molecule has 0 aliphatic heterocycles. The van der Waals surface area contributed by atoms with E-state index >= 15 is 0 Å². The summed E-state index contributed by atoms with van der Waals surface area (Å²) in [5.74, 6) is -1.26. The molecule has 2 aromatic carbocycles. The van der Waals surface area contributed by atoms with Crippen molar-refractivity contribution in [3.05, 3.63) is 59.0 Å². The summed E-state index contributed by atoms with van der Waals surface area (Å²) >= 11 is 0. The molecule has 1 heterocycles. The summed E-state index contributed by atoms with van der Waals surface area (Å²) in [6.07, 6.45) is 1.01. The number of ether oxygens (including phenoxy) is 2. The quantitative estimate of drug-likeness (QED) is 0.339. The van der Waals surface area contributed by atoms with Gasteiger partial charge in [-0.15, -0.1) is 0 Å². The Labute approximate surface area is 203 Å². The van der Waals surface area contributed by atoms with Crippen LogP contribution in [0.15, 0.2) is 36.5 Å². The summed E-state index contributed by atoms with van der Waals surface area (Å²) < 4.78 is 25.0. The van der Waals surface area contributed by atoms with Crippen molar-refractivity contribution in [2.24, 2.45) is 0 Å². The number of esters is 1. The summed E-state index contributed by atoms with van der Waals surface area (Å²) in [5.41, 5.74) is 1.95. The molecule has 1 amide bonds. The number of H-pyrrole nitrogens is 1. The van der Waals surface area contributed by atoms with Crippen molar-refractivity contribution in [2.45, 2.75) is 52.2 Å². The zero-order valence-corrected chi connectivity index (χ0v) is 20.8. The molecule has 0 aliphatic carbocycles. The van der Waals surface area contributed by atoms with Crippen molar-refractivity contribution in [1.82, 2.24) is 10.3 Å². The number of aryl methyl sites for hydroxylation is 1. The number of anilines is 1. The molecule has 35 heavy (non-hydrogen) atoms. The standard InChI is InChI=1S/C26H32FN3O5/c1-14-9-16(7-8-18(14)15(2)12-29-25(33)35-26(3,4)5)22(24(32)34-6)30-21-11-19-17(10-20(21)27)13-28-23(19)31/h7-11,13,15,22,28,30-31H,12H2,1-6H3,(H,29,33)/t15-,22?/m0/s1. The maximum Gasteiger partial charge on any atom is 0.407 e. The van der Waals surface area contributed by atoms with Crippen molar-refractivity contribution in [2.75, 3.05) is 19.0 Å². The van der Waals surface area contributed by atoms with Crippen LogP contribution in [0.25, 0.3) is 10.8 Å². The Hall–Kier alpha value is -3.75. The van der Waals surface area contributed by atoms with E-state index in [1.807, 2.05) is 26.0 Å². The number of aromatic nitrogens is 1. The van der Waals surface area contributed by atoms with Gasteiger partial charge in [-0.1, -0.05) is 25.1 Å². The zero-order chi connectivity index (χ0) is 25.9. The van der Waals surface area contributed by atoms with E-state index in [0.717, 1.165) is 11.1 Å². The molecule has 0 saturated heterocycles. The maximum absolute atomic E-state index is 14.7. The van der Waals surface area contributed by atoms with E-state index in [2.05, 4.69) is 15.6 Å². The number of methoxy groups -OCH3 is 1. The second kappa shape index (κ2) is 10.2. The number of hydrogen-bond donors (Lipinski definition) is 4. The van der Waals surface area contributed by atoms with Gasteiger partial charge < -0.3 is 30.2 Å². The molecular weight excluding hydrogens is 453 g/mol. The second-order valence-electron chi connectivity index (χ2n) is 9.56. The molecule has 3 aromatic rings. The first kappa shape index (κ1) is 25.9. The molecule has 188 valence electrons. The predicted octanol–water partition coefficient (Wildman–Crippen LogP) is 5.28. The number of rotatable bonds is 7. The van der Waals surface area contributed by atoms with E-state index in [1.54, 1.807) is 26.8 Å². The van der Waals surface area contributed by atoms with Crippen LogP contribution in [-0.4, -0.2) is 41.4 Å². The summed E-state index contributed by atoms with van der Waals surface area (Å²) in [7, 11) is 1.26. The number of hydrogen-bond acceptors (Lipinski definition) is 6. The van der Waals surface area contributed by atoms with E-state index in [1.165, 1.54) is 25.4 Å². The van der Waals surface area contributed by atoms with Crippen molar-refractivity contribution in [3.63, 3.8) is 0 Å². The minimum Gasteiger partial charge on any atom is -0.494 e. The lowest BCUT2D eigenvalue weighted by atomic mass is 9.92. The fourth-order valence-electron chi connectivity index (χ4n) is 3.89. The fourth-order valence-corrected chi connectivity index (χ4v) is 3.89. The Bertz CT molecular complexity index is 1230. The number of aromatic hydroxyl groups is 1. The highest BCUT2D eigenvalue weighted by atomic mass is 19.1. The van der Waals surface area contributed by atoms with Crippen LogP contribution in [0.4, 0.5) is 14.9 Å². The molecule has 3 rings (SSSR count). The number of alkyl carbamates (subject to hydrolysis) is 1. The summed E-state index contributed by atoms with van der Waals surface area (Å²) in [6.45, 7) is 9.66. The number of benzene rings is 2. The van der Waals surface area contributed by atoms with Gasteiger partial charge >= 0.3 is 12.1 Å². The Morgan fingerprint density at radius 3 is 2.54 bits per heavy atom. The van der Waals surface area contributed by atoms with Crippen LogP contribution in [0.5, 0.6) is 5.88 Å². The first-order valence-corrected chi connectivity index (χ1v) is 11.3. The molecule has 9 heteroatoms. The number of carbonyl (C=O) groups is 2. The van der Waals surface area contributed by atoms with Gasteiger partial charge in [-0.3, -0.25) is 0 Å². The Morgan fingerprint density at radius 2 is 1.91 bits per heavy atom. The molecule has 4 N–H and O–H groups in total. The van der Waals surface area contributed by atoms with Crippen LogP contribution in [-0.2, 0) is 14.3 Å².